The zero-order valence-corrected chi connectivity index (χ0v) is 33.0. The van der Waals surface area contributed by atoms with Gasteiger partial charge in [-0.25, -0.2) is 0 Å². The van der Waals surface area contributed by atoms with Crippen LogP contribution in [-0.4, -0.2) is 47.3 Å². The Balaban J connectivity index is 1.36. The molecule has 59 heavy (non-hydrogen) atoms. The van der Waals surface area contributed by atoms with E-state index < -0.39 is 36.0 Å². The van der Waals surface area contributed by atoms with Crippen LogP contribution in [-0.2, 0) is 48.7 Å². The fourth-order valence-corrected chi connectivity index (χ4v) is 6.45. The molecular weight excluding hydrogens is 793 g/mol. The summed E-state index contributed by atoms with van der Waals surface area (Å²) < 4.78 is 66.3. The van der Waals surface area contributed by atoms with Gasteiger partial charge < -0.3 is 39.8 Å². The number of carbonyl (C=O) groups is 2. The van der Waals surface area contributed by atoms with Gasteiger partial charge in [0.15, 0.2) is 11.5 Å². The van der Waals surface area contributed by atoms with Crippen molar-refractivity contribution in [2.75, 3.05) is 20.2 Å². The third-order valence-corrected chi connectivity index (χ3v) is 9.50. The second-order valence-electron chi connectivity index (χ2n) is 13.3. The van der Waals surface area contributed by atoms with Gasteiger partial charge in [-0.1, -0.05) is 48.0 Å². The molecule has 1 heterocycles. The fraction of sp³-hybridized carbons (Fsp3) is 0.256. The lowest BCUT2D eigenvalue weighted by Gasteiger charge is -2.20. The number of hydrogen-bond donors (Lipinski definition) is 4. The molecule has 0 atom stereocenters. The predicted molar refractivity (Wildman–Crippen MR) is 211 cm³/mol. The molecule has 0 radical (unpaired) electrons. The number of alkyl halides is 3. The van der Waals surface area contributed by atoms with Gasteiger partial charge in [-0.05, 0) is 77.1 Å². The highest BCUT2D eigenvalue weighted by Gasteiger charge is 2.37. The minimum Gasteiger partial charge on any atom is -0.493 e. The van der Waals surface area contributed by atoms with Gasteiger partial charge in [0.25, 0.3) is 0 Å². The fourth-order valence-electron chi connectivity index (χ4n) is 6.21. The number of pyridine rings is 1. The second kappa shape index (κ2) is 19.9. The maximum absolute atomic E-state index is 14.3. The molecule has 12 nitrogen and oxygen atoms in total. The average molecular weight is 833 g/mol. The lowest BCUT2D eigenvalue weighted by atomic mass is 9.92. The molecule has 4 aromatic carbocycles. The number of carboxylic acid groups (broad SMARTS) is 2. The monoisotopic (exact) mass is 832 g/mol. The van der Waals surface area contributed by atoms with Crippen LogP contribution < -0.4 is 29.6 Å². The smallest absolute Gasteiger partial charge is 0.420 e. The number of nitriles is 1. The Morgan fingerprint density at radius 1 is 0.763 bits per heavy atom. The number of hydrogen-bond acceptors (Lipinski definition) is 10. The molecule has 0 unspecified atom stereocenters. The molecular formula is C43H40ClF3N4O8. The first kappa shape index (κ1) is 43.8. The lowest BCUT2D eigenvalue weighted by Crippen LogP contribution is -2.22. The average Bonchev–Trinajstić information content (AvgIpc) is 3.19. The number of halogens is 4. The van der Waals surface area contributed by atoms with Crippen LogP contribution in [0.15, 0.2) is 79.1 Å². The standard InChI is InChI=1S/C43H40ClF3N4O8/c1-25-30(23-58-38-14-37(32(13-36(38)44)19-51-21-41(54)55)57-22-29-10-28(15-48)17-49-18-29)6-4-8-33(25)34-9-5-7-31(26(34)2)24-59-42-35(43(45,46)47)11-27(12-39(42)56-3)16-50-20-40(52)53/h4-14,17-18,50-51H,16,19-24H2,1-3H3,(H,52,53)(H,54,55). The van der Waals surface area contributed by atoms with E-state index in [-0.39, 0.29) is 55.8 Å². The Kier molecular flexibility index (Phi) is 14.8. The SMILES string of the molecule is COc1cc(CNCC(=O)O)cc(C(F)(F)F)c1OCc1cccc(-c2cccc(COc3cc(OCc4cncc(C#N)c4)c(CNCC(=O)O)cc3Cl)c2C)c1C. The molecule has 0 bridgehead atoms. The normalized spacial score (nSPS) is 11.2. The first-order valence-corrected chi connectivity index (χ1v) is 18.4. The van der Waals surface area contributed by atoms with Gasteiger partial charge in [-0.3, -0.25) is 14.6 Å². The van der Waals surface area contributed by atoms with Gasteiger partial charge in [0.1, 0.15) is 43.0 Å². The summed E-state index contributed by atoms with van der Waals surface area (Å²) in [5.41, 5.74) is 5.55. The van der Waals surface area contributed by atoms with Crippen molar-refractivity contribution in [3.8, 4) is 40.2 Å². The van der Waals surface area contributed by atoms with E-state index in [1.54, 1.807) is 36.5 Å². The van der Waals surface area contributed by atoms with Crippen LogP contribution >= 0.6 is 11.6 Å². The van der Waals surface area contributed by atoms with Crippen LogP contribution in [0, 0.1) is 25.2 Å². The Hall–Kier alpha value is -6.34. The van der Waals surface area contributed by atoms with E-state index >= 15 is 0 Å². The first-order valence-electron chi connectivity index (χ1n) is 18.0. The van der Waals surface area contributed by atoms with Crippen LogP contribution in [0.2, 0.25) is 5.02 Å². The topological polar surface area (TPSA) is 172 Å². The highest BCUT2D eigenvalue weighted by Crippen LogP contribution is 2.43. The van der Waals surface area contributed by atoms with Crippen molar-refractivity contribution in [2.45, 2.75) is 52.9 Å². The summed E-state index contributed by atoms with van der Waals surface area (Å²) in [4.78, 5) is 26.1. The van der Waals surface area contributed by atoms with E-state index in [4.69, 9.17) is 40.8 Å². The first-order chi connectivity index (χ1) is 28.2. The van der Waals surface area contributed by atoms with Gasteiger partial charge in [0.05, 0.1) is 30.8 Å². The summed E-state index contributed by atoms with van der Waals surface area (Å²) >= 11 is 6.66. The Morgan fingerprint density at radius 2 is 1.37 bits per heavy atom. The highest BCUT2D eigenvalue weighted by atomic mass is 35.5. The maximum Gasteiger partial charge on any atom is 0.420 e. The molecule has 5 aromatic rings. The molecule has 0 spiro atoms. The number of carboxylic acids is 2. The van der Waals surface area contributed by atoms with Crippen molar-refractivity contribution in [3.63, 3.8) is 0 Å². The Labute approximate surface area is 343 Å². The van der Waals surface area contributed by atoms with Crippen LogP contribution in [0.4, 0.5) is 13.2 Å². The van der Waals surface area contributed by atoms with Gasteiger partial charge in [0, 0.05) is 42.7 Å². The van der Waals surface area contributed by atoms with Gasteiger partial charge in [-0.15, -0.1) is 0 Å². The van der Waals surface area contributed by atoms with Crippen molar-refractivity contribution in [2.24, 2.45) is 0 Å². The molecule has 4 N–H and O–H groups in total. The van der Waals surface area contributed by atoms with Crippen LogP contribution in [0.1, 0.15) is 50.1 Å². The summed E-state index contributed by atoms with van der Waals surface area (Å²) in [6.07, 6.45) is -1.78. The number of methoxy groups -OCH3 is 1. The van der Waals surface area contributed by atoms with E-state index in [1.165, 1.54) is 19.4 Å². The van der Waals surface area contributed by atoms with E-state index in [9.17, 15) is 28.0 Å². The second-order valence-corrected chi connectivity index (χ2v) is 13.7. The third-order valence-electron chi connectivity index (χ3n) is 9.21. The van der Waals surface area contributed by atoms with Gasteiger partial charge in [0.2, 0.25) is 0 Å². The molecule has 5 rings (SSSR count). The summed E-state index contributed by atoms with van der Waals surface area (Å²) in [5.74, 6) is -2.10. The lowest BCUT2D eigenvalue weighted by molar-refractivity contribution is -0.139. The van der Waals surface area contributed by atoms with Gasteiger partial charge >= 0.3 is 18.1 Å². The Bertz CT molecular complexity index is 2370. The minimum atomic E-state index is -4.79. The van der Waals surface area contributed by atoms with E-state index in [0.717, 1.165) is 33.9 Å². The molecule has 0 saturated heterocycles. The minimum absolute atomic E-state index is 0.0668. The van der Waals surface area contributed by atoms with E-state index in [0.29, 0.717) is 33.8 Å². The van der Waals surface area contributed by atoms with Gasteiger partial charge in [-0.2, -0.15) is 18.4 Å². The summed E-state index contributed by atoms with van der Waals surface area (Å²) in [6, 6.07) is 20.4. The molecule has 0 aliphatic carbocycles. The van der Waals surface area contributed by atoms with Crippen LogP contribution in [0.5, 0.6) is 23.0 Å². The summed E-state index contributed by atoms with van der Waals surface area (Å²) in [5, 5.41) is 32.9. The predicted octanol–water partition coefficient (Wildman–Crippen LogP) is 8.00. The summed E-state index contributed by atoms with van der Waals surface area (Å²) in [7, 11) is 1.23. The molecule has 308 valence electrons. The number of aromatic nitrogens is 1. The van der Waals surface area contributed by atoms with Crippen molar-refractivity contribution in [1.82, 2.24) is 15.6 Å². The highest BCUT2D eigenvalue weighted by molar-refractivity contribution is 6.32. The molecule has 16 heteroatoms. The third kappa shape index (κ3) is 11.6. The molecule has 0 amide bonds. The number of nitrogens with one attached hydrogen (secondary N) is 2. The van der Waals surface area contributed by atoms with Crippen molar-refractivity contribution in [1.29, 1.82) is 5.26 Å². The molecule has 1 aromatic heterocycles. The number of ether oxygens (including phenoxy) is 4. The number of nitrogens with zero attached hydrogens (tertiary/aromatic N) is 2. The van der Waals surface area contributed by atoms with Crippen LogP contribution in [0.25, 0.3) is 11.1 Å². The zero-order valence-electron chi connectivity index (χ0n) is 32.2. The Morgan fingerprint density at radius 3 is 1.97 bits per heavy atom. The quantitative estimate of drug-likeness (QED) is 0.0633. The van der Waals surface area contributed by atoms with Crippen molar-refractivity contribution in [3.05, 3.63) is 134 Å². The maximum atomic E-state index is 14.3. The van der Waals surface area contributed by atoms with E-state index in [1.807, 2.05) is 44.2 Å². The molecule has 0 aliphatic heterocycles. The number of rotatable bonds is 19. The van der Waals surface area contributed by atoms with Crippen molar-refractivity contribution < 1.29 is 51.9 Å². The molecule has 0 fully saturated rings. The number of benzene rings is 4. The number of aliphatic carboxylic acids is 2. The zero-order chi connectivity index (χ0) is 42.7. The molecule has 0 aliphatic rings. The summed E-state index contributed by atoms with van der Waals surface area (Å²) in [6.45, 7) is 3.05. The largest absolute Gasteiger partial charge is 0.493 e. The molecule has 0 saturated carbocycles. The van der Waals surface area contributed by atoms with E-state index in [2.05, 4.69) is 15.6 Å². The van der Waals surface area contributed by atoms with Crippen LogP contribution in [0.3, 0.4) is 0 Å². The van der Waals surface area contributed by atoms with Crippen molar-refractivity contribution >= 4 is 23.5 Å².